The van der Waals surface area contributed by atoms with E-state index in [1.54, 1.807) is 6.07 Å². The number of fused-ring (bicyclic) bond motifs is 1. The molecule has 3 N–H and O–H groups in total. The third-order valence-corrected chi connectivity index (χ3v) is 6.56. The molecule has 0 bridgehead atoms. The van der Waals surface area contributed by atoms with Crippen LogP contribution in [-0.4, -0.2) is 79.8 Å². The number of nitrogens with one attached hydrogen (secondary N) is 3. The Kier molecular flexibility index (Phi) is 7.25. The molecule has 0 amide bonds. The van der Waals surface area contributed by atoms with Gasteiger partial charge in [-0.2, -0.15) is 0 Å². The third kappa shape index (κ3) is 5.21. The Morgan fingerprint density at radius 3 is 2.29 bits per heavy atom. The monoisotopic (exact) mass is 405 g/mol. The second-order valence-electron chi connectivity index (χ2n) is 7.26. The molecule has 8 heteroatoms. The van der Waals surface area contributed by atoms with Crippen LogP contribution in [0.3, 0.4) is 0 Å². The van der Waals surface area contributed by atoms with Crippen LogP contribution in [0.1, 0.15) is 0 Å². The minimum absolute atomic E-state index is 0.335. The summed E-state index contributed by atoms with van der Waals surface area (Å²) in [7, 11) is 0.344. The Morgan fingerprint density at radius 2 is 1.61 bits per heavy atom. The lowest BCUT2D eigenvalue weighted by atomic mass is 10.1. The molecule has 1 aliphatic heterocycles. The van der Waals surface area contributed by atoms with Crippen molar-refractivity contribution in [3.63, 3.8) is 0 Å². The summed E-state index contributed by atoms with van der Waals surface area (Å²) in [5.74, 6) is 0. The molecular formula is C20H31N5O2S. The first-order valence-corrected chi connectivity index (χ1v) is 11.3. The predicted molar refractivity (Wildman–Crippen MR) is 116 cm³/mol. The highest BCUT2D eigenvalue weighted by Gasteiger charge is 2.18. The second-order valence-corrected chi connectivity index (χ2v) is 9.00. The van der Waals surface area contributed by atoms with E-state index in [4.69, 9.17) is 0 Å². The summed E-state index contributed by atoms with van der Waals surface area (Å²) < 4.78 is 28.7. The van der Waals surface area contributed by atoms with Crippen LogP contribution in [0.25, 0.3) is 10.8 Å². The molecule has 1 saturated heterocycles. The topological polar surface area (TPSA) is 76.7 Å². The number of hydrogen-bond donors (Lipinski definition) is 3. The highest BCUT2D eigenvalue weighted by atomic mass is 32.2. The summed E-state index contributed by atoms with van der Waals surface area (Å²) in [5, 5.41) is 8.44. The smallest absolute Gasteiger partial charge is 0.241 e. The molecule has 0 aromatic heterocycles. The van der Waals surface area contributed by atoms with E-state index >= 15 is 0 Å². The minimum Gasteiger partial charge on any atom is -0.377 e. The van der Waals surface area contributed by atoms with Crippen LogP contribution in [0, 0.1) is 0 Å². The van der Waals surface area contributed by atoms with Crippen molar-refractivity contribution >= 4 is 26.5 Å². The van der Waals surface area contributed by atoms with Crippen molar-refractivity contribution in [2.75, 3.05) is 71.4 Å². The van der Waals surface area contributed by atoms with Crippen molar-refractivity contribution in [2.45, 2.75) is 4.90 Å². The number of anilines is 1. The van der Waals surface area contributed by atoms with Gasteiger partial charge in [0.25, 0.3) is 0 Å². The highest BCUT2D eigenvalue weighted by Crippen LogP contribution is 2.29. The van der Waals surface area contributed by atoms with Crippen molar-refractivity contribution in [3.8, 4) is 0 Å². The highest BCUT2D eigenvalue weighted by molar-refractivity contribution is 7.89. The Labute approximate surface area is 168 Å². The molecule has 0 saturated carbocycles. The molecular weight excluding hydrogens is 374 g/mol. The molecule has 0 atom stereocenters. The largest absolute Gasteiger partial charge is 0.377 e. The van der Waals surface area contributed by atoms with Gasteiger partial charge in [0.15, 0.2) is 0 Å². The second kappa shape index (κ2) is 9.67. The Hall–Kier alpha value is -1.71. The van der Waals surface area contributed by atoms with Crippen LogP contribution in [0.5, 0.6) is 0 Å². The van der Waals surface area contributed by atoms with Crippen LogP contribution in [0.4, 0.5) is 5.69 Å². The van der Waals surface area contributed by atoms with Crippen LogP contribution in [0.15, 0.2) is 41.3 Å². The van der Waals surface area contributed by atoms with E-state index in [2.05, 4.69) is 20.3 Å². The summed E-state index contributed by atoms with van der Waals surface area (Å²) in [4.78, 5) is 4.61. The maximum Gasteiger partial charge on any atom is 0.241 e. The van der Waals surface area contributed by atoms with Gasteiger partial charge in [-0.25, -0.2) is 13.1 Å². The Bertz CT molecular complexity index is 875. The van der Waals surface area contributed by atoms with Gasteiger partial charge in [-0.05, 0) is 12.1 Å². The Balaban J connectivity index is 1.71. The molecule has 2 aromatic rings. The van der Waals surface area contributed by atoms with Crippen LogP contribution < -0.4 is 20.3 Å². The number of benzene rings is 2. The predicted octanol–water partition coefficient (Wildman–Crippen LogP) is 0.679. The molecule has 7 nitrogen and oxygen atoms in total. The lowest BCUT2D eigenvalue weighted by molar-refractivity contribution is 0.285. The zero-order chi connectivity index (χ0) is 20.0. The van der Waals surface area contributed by atoms with Gasteiger partial charge in [-0.1, -0.05) is 24.3 Å². The zero-order valence-corrected chi connectivity index (χ0v) is 17.6. The first-order valence-electron chi connectivity index (χ1n) is 9.81. The van der Waals surface area contributed by atoms with E-state index in [1.807, 2.05) is 49.3 Å². The van der Waals surface area contributed by atoms with E-state index in [-0.39, 0.29) is 0 Å². The molecule has 1 fully saturated rings. The molecule has 1 heterocycles. The fourth-order valence-corrected chi connectivity index (χ4v) is 4.78. The molecule has 0 radical (unpaired) electrons. The van der Waals surface area contributed by atoms with E-state index in [0.717, 1.165) is 55.7 Å². The molecule has 28 heavy (non-hydrogen) atoms. The maximum absolute atomic E-state index is 13.0. The first-order chi connectivity index (χ1) is 13.5. The van der Waals surface area contributed by atoms with E-state index in [9.17, 15) is 8.42 Å². The molecule has 0 unspecified atom stereocenters. The zero-order valence-electron chi connectivity index (χ0n) is 16.7. The SMILES string of the molecule is CN(C)c1cccc2c(S(=O)(=O)NCCN3CCNCCNCC3)cccc12. The Morgan fingerprint density at radius 1 is 0.964 bits per heavy atom. The average Bonchev–Trinajstić information content (AvgIpc) is 2.81. The summed E-state index contributed by atoms with van der Waals surface area (Å²) in [6, 6.07) is 11.2. The number of rotatable bonds is 6. The molecule has 3 rings (SSSR count). The first kappa shape index (κ1) is 21.0. The molecule has 0 aliphatic carbocycles. The van der Waals surface area contributed by atoms with Gasteiger partial charge >= 0.3 is 0 Å². The van der Waals surface area contributed by atoms with Gasteiger partial charge in [0.2, 0.25) is 10.0 Å². The van der Waals surface area contributed by atoms with Crippen molar-refractivity contribution in [3.05, 3.63) is 36.4 Å². The standard InChI is InChI=1S/C20H31N5O2S/c1-24(2)19-7-3-6-18-17(19)5-4-8-20(18)28(26,27)23-13-16-25-14-11-21-9-10-22-12-15-25/h3-8,21-23H,9-16H2,1-2H3. The van der Waals surface area contributed by atoms with Crippen LogP contribution in [-0.2, 0) is 10.0 Å². The van der Waals surface area contributed by atoms with Gasteiger partial charge in [0, 0.05) is 82.9 Å². The van der Waals surface area contributed by atoms with Crippen molar-refractivity contribution in [1.29, 1.82) is 0 Å². The van der Waals surface area contributed by atoms with Crippen molar-refractivity contribution < 1.29 is 8.42 Å². The average molecular weight is 406 g/mol. The van der Waals surface area contributed by atoms with Gasteiger partial charge < -0.3 is 15.5 Å². The summed E-state index contributed by atoms with van der Waals surface area (Å²) >= 11 is 0. The van der Waals surface area contributed by atoms with Crippen LogP contribution in [0.2, 0.25) is 0 Å². The molecule has 154 valence electrons. The van der Waals surface area contributed by atoms with E-state index in [1.165, 1.54) is 0 Å². The summed E-state index contributed by atoms with van der Waals surface area (Å²) in [5.41, 5.74) is 1.01. The normalized spacial score (nSPS) is 17.1. The summed E-state index contributed by atoms with van der Waals surface area (Å²) in [6.45, 7) is 6.71. The number of hydrogen-bond acceptors (Lipinski definition) is 6. The number of sulfonamides is 1. The number of nitrogens with zero attached hydrogens (tertiary/aromatic N) is 2. The summed E-state index contributed by atoms with van der Waals surface area (Å²) in [6.07, 6.45) is 0. The quantitative estimate of drug-likeness (QED) is 0.656. The lowest BCUT2D eigenvalue weighted by Gasteiger charge is -2.22. The van der Waals surface area contributed by atoms with E-state index < -0.39 is 10.0 Å². The third-order valence-electron chi connectivity index (χ3n) is 5.04. The maximum atomic E-state index is 13.0. The fourth-order valence-electron chi connectivity index (χ4n) is 3.54. The van der Waals surface area contributed by atoms with Gasteiger partial charge in [0.1, 0.15) is 0 Å². The lowest BCUT2D eigenvalue weighted by Crippen LogP contribution is -2.39. The van der Waals surface area contributed by atoms with E-state index in [0.29, 0.717) is 18.0 Å². The molecule has 0 spiro atoms. The van der Waals surface area contributed by atoms with Gasteiger partial charge in [0.05, 0.1) is 4.90 Å². The molecule has 1 aliphatic rings. The van der Waals surface area contributed by atoms with Crippen molar-refractivity contribution in [2.24, 2.45) is 0 Å². The fraction of sp³-hybridized carbons (Fsp3) is 0.500. The van der Waals surface area contributed by atoms with Crippen molar-refractivity contribution in [1.82, 2.24) is 20.3 Å². The van der Waals surface area contributed by atoms with Gasteiger partial charge in [-0.15, -0.1) is 0 Å². The minimum atomic E-state index is -3.58. The van der Waals surface area contributed by atoms with Gasteiger partial charge in [-0.3, -0.25) is 4.90 Å². The van der Waals surface area contributed by atoms with Crippen LogP contribution >= 0.6 is 0 Å². The molecule has 2 aromatic carbocycles.